The summed E-state index contributed by atoms with van der Waals surface area (Å²) in [6.07, 6.45) is 1.67. The van der Waals surface area contributed by atoms with Gasteiger partial charge in [0.25, 0.3) is 5.56 Å². The van der Waals surface area contributed by atoms with E-state index in [0.717, 1.165) is 49.6 Å². The number of methoxy groups -OCH3 is 1. The zero-order chi connectivity index (χ0) is 22.5. The fraction of sp³-hybridized carbons (Fsp3) is 0.0370. The number of nitrogens with zero attached hydrogens (tertiary/aromatic N) is 1. The first-order valence-corrected chi connectivity index (χ1v) is 10.9. The largest absolute Gasteiger partial charge is 0.497 e. The number of hydrogen-bond donors (Lipinski definition) is 2. The molecule has 0 aliphatic rings. The van der Waals surface area contributed by atoms with Gasteiger partial charge in [0, 0.05) is 22.5 Å². The summed E-state index contributed by atoms with van der Waals surface area (Å²) >= 11 is 6.43. The molecule has 0 bridgehead atoms. The third-order valence-corrected chi connectivity index (χ3v) is 6.36. The second-order valence-corrected chi connectivity index (χ2v) is 8.28. The highest BCUT2D eigenvalue weighted by Gasteiger charge is 2.17. The van der Waals surface area contributed by atoms with Crippen LogP contribution in [0, 0.1) is 0 Å². The van der Waals surface area contributed by atoms with Crippen LogP contribution in [0.4, 0.5) is 0 Å². The highest BCUT2D eigenvalue weighted by atomic mass is 35.5. The number of nitrogens with one attached hydrogen (secondary N) is 2. The number of aromatic nitrogens is 3. The topological polar surface area (TPSA) is 70.8 Å². The summed E-state index contributed by atoms with van der Waals surface area (Å²) in [5.74, 6) is 1.47. The van der Waals surface area contributed by atoms with E-state index in [0.29, 0.717) is 16.2 Å². The highest BCUT2D eigenvalue weighted by molar-refractivity contribution is 6.33. The van der Waals surface area contributed by atoms with Crippen LogP contribution in [0.5, 0.6) is 5.75 Å². The molecule has 2 heterocycles. The fourth-order valence-electron chi connectivity index (χ4n) is 4.42. The summed E-state index contributed by atoms with van der Waals surface area (Å²) in [5, 5.41) is 3.82. The van der Waals surface area contributed by atoms with E-state index in [1.54, 1.807) is 13.3 Å². The lowest BCUT2D eigenvalue weighted by molar-refractivity contribution is 0.415. The van der Waals surface area contributed by atoms with Crippen LogP contribution < -0.4 is 10.3 Å². The van der Waals surface area contributed by atoms with Crippen LogP contribution in [-0.2, 0) is 0 Å². The van der Waals surface area contributed by atoms with Gasteiger partial charge in [-0.05, 0) is 52.9 Å². The van der Waals surface area contributed by atoms with Gasteiger partial charge in [-0.25, -0.2) is 4.98 Å². The van der Waals surface area contributed by atoms with E-state index in [-0.39, 0.29) is 5.56 Å². The number of fused-ring (bicyclic) bond motifs is 6. The third kappa shape index (κ3) is 3.09. The van der Waals surface area contributed by atoms with E-state index < -0.39 is 0 Å². The Morgan fingerprint density at radius 1 is 0.879 bits per heavy atom. The normalized spacial score (nSPS) is 11.5. The molecule has 0 atom stereocenters. The molecule has 0 aliphatic carbocycles. The maximum absolute atomic E-state index is 13.0. The summed E-state index contributed by atoms with van der Waals surface area (Å²) in [4.78, 5) is 24.1. The average molecular weight is 452 g/mol. The second kappa shape index (κ2) is 7.50. The third-order valence-electron chi connectivity index (χ3n) is 6.03. The molecule has 6 rings (SSSR count). The van der Waals surface area contributed by atoms with Crippen molar-refractivity contribution < 1.29 is 4.74 Å². The Bertz CT molecular complexity index is 1730. The van der Waals surface area contributed by atoms with Crippen LogP contribution in [0.15, 0.2) is 83.8 Å². The first kappa shape index (κ1) is 19.6. The standard InChI is InChI=1S/C27H18ClN3O2/c1-33-17-9-6-15(7-10-17)16-8-11-18-21(14-16)23-20(12-13-29-27(23)32)25-24(18)30-26(31-25)19-4-2-3-5-22(19)28/h2-14H,1H3,(H,29,32)(H,30,31). The highest BCUT2D eigenvalue weighted by Crippen LogP contribution is 2.37. The number of pyridine rings is 1. The Kier molecular flexibility index (Phi) is 4.45. The molecule has 6 heteroatoms. The summed E-state index contributed by atoms with van der Waals surface area (Å²) in [6.45, 7) is 0. The maximum Gasteiger partial charge on any atom is 0.256 e. The van der Waals surface area contributed by atoms with Gasteiger partial charge >= 0.3 is 0 Å². The SMILES string of the molecule is COc1ccc(-c2ccc3c(c2)c2c(=O)[nH]ccc2c2[nH]c(-c4ccccc4Cl)nc32)cc1. The van der Waals surface area contributed by atoms with Gasteiger partial charge in [0.2, 0.25) is 0 Å². The quantitative estimate of drug-likeness (QED) is 0.299. The molecule has 0 aliphatic heterocycles. The Hall–Kier alpha value is -4.09. The summed E-state index contributed by atoms with van der Waals surface area (Å²) < 4.78 is 5.28. The number of rotatable bonds is 3. The zero-order valence-corrected chi connectivity index (χ0v) is 18.4. The van der Waals surface area contributed by atoms with Crippen molar-refractivity contribution in [1.29, 1.82) is 0 Å². The van der Waals surface area contributed by atoms with Crippen molar-refractivity contribution >= 4 is 44.2 Å². The monoisotopic (exact) mass is 451 g/mol. The number of aromatic amines is 2. The van der Waals surface area contributed by atoms with Gasteiger partial charge in [0.05, 0.1) is 28.6 Å². The van der Waals surface area contributed by atoms with Crippen molar-refractivity contribution in [3.05, 3.63) is 94.4 Å². The number of ether oxygens (including phenoxy) is 1. The minimum absolute atomic E-state index is 0.139. The Balaban J connectivity index is 1.68. The molecule has 33 heavy (non-hydrogen) atoms. The van der Waals surface area contributed by atoms with Gasteiger partial charge in [-0.2, -0.15) is 0 Å². The van der Waals surface area contributed by atoms with Crippen molar-refractivity contribution in [3.8, 4) is 28.3 Å². The minimum atomic E-state index is -0.139. The molecule has 2 aromatic heterocycles. The number of imidazole rings is 1. The molecule has 2 N–H and O–H groups in total. The van der Waals surface area contributed by atoms with Gasteiger partial charge in [0.1, 0.15) is 11.6 Å². The van der Waals surface area contributed by atoms with Gasteiger partial charge in [-0.3, -0.25) is 4.79 Å². The van der Waals surface area contributed by atoms with Crippen LogP contribution in [0.25, 0.3) is 55.1 Å². The molecule has 6 aromatic rings. The van der Waals surface area contributed by atoms with Crippen molar-refractivity contribution in [2.24, 2.45) is 0 Å². The van der Waals surface area contributed by atoms with Gasteiger partial charge < -0.3 is 14.7 Å². The van der Waals surface area contributed by atoms with E-state index in [1.165, 1.54) is 0 Å². The van der Waals surface area contributed by atoms with Crippen molar-refractivity contribution in [3.63, 3.8) is 0 Å². The van der Waals surface area contributed by atoms with Gasteiger partial charge in [-0.15, -0.1) is 0 Å². The van der Waals surface area contributed by atoms with Crippen molar-refractivity contribution in [1.82, 2.24) is 15.0 Å². The summed E-state index contributed by atoms with van der Waals surface area (Å²) in [6, 6.07) is 23.5. The number of benzene rings is 4. The van der Waals surface area contributed by atoms with E-state index in [2.05, 4.69) is 22.1 Å². The van der Waals surface area contributed by atoms with Gasteiger partial charge in [0.15, 0.2) is 0 Å². The predicted octanol–water partition coefficient (Wildman–Crippen LogP) is 6.55. The second-order valence-electron chi connectivity index (χ2n) is 7.87. The molecular weight excluding hydrogens is 434 g/mol. The zero-order valence-electron chi connectivity index (χ0n) is 17.6. The molecule has 0 amide bonds. The summed E-state index contributed by atoms with van der Waals surface area (Å²) in [5.41, 5.74) is 4.35. The minimum Gasteiger partial charge on any atom is -0.497 e. The summed E-state index contributed by atoms with van der Waals surface area (Å²) in [7, 11) is 1.65. The number of H-pyrrole nitrogens is 2. The number of halogens is 1. The molecule has 0 spiro atoms. The molecule has 0 saturated heterocycles. The van der Waals surface area contributed by atoms with Crippen molar-refractivity contribution in [2.45, 2.75) is 0 Å². The average Bonchev–Trinajstić information content (AvgIpc) is 3.30. The van der Waals surface area contributed by atoms with Crippen LogP contribution in [0.1, 0.15) is 0 Å². The van der Waals surface area contributed by atoms with Crippen LogP contribution in [0.2, 0.25) is 5.02 Å². The Morgan fingerprint density at radius 3 is 2.45 bits per heavy atom. The molecule has 4 aromatic carbocycles. The first-order chi connectivity index (χ1) is 16.1. The van der Waals surface area contributed by atoms with Crippen LogP contribution in [-0.4, -0.2) is 22.1 Å². The van der Waals surface area contributed by atoms with E-state index >= 15 is 0 Å². The lowest BCUT2D eigenvalue weighted by Gasteiger charge is -2.09. The lowest BCUT2D eigenvalue weighted by Crippen LogP contribution is -2.05. The van der Waals surface area contributed by atoms with Gasteiger partial charge in [-0.1, -0.05) is 48.0 Å². The Labute approximate surface area is 193 Å². The molecule has 5 nitrogen and oxygen atoms in total. The smallest absolute Gasteiger partial charge is 0.256 e. The van der Waals surface area contributed by atoms with Crippen molar-refractivity contribution in [2.75, 3.05) is 7.11 Å². The predicted molar refractivity (Wildman–Crippen MR) is 134 cm³/mol. The molecule has 160 valence electrons. The number of hydrogen-bond acceptors (Lipinski definition) is 3. The fourth-order valence-corrected chi connectivity index (χ4v) is 4.64. The molecule has 0 radical (unpaired) electrons. The maximum atomic E-state index is 13.0. The first-order valence-electron chi connectivity index (χ1n) is 10.5. The molecule has 0 saturated carbocycles. The van der Waals surface area contributed by atoms with Crippen LogP contribution >= 0.6 is 11.6 Å². The van der Waals surface area contributed by atoms with E-state index in [4.69, 9.17) is 21.3 Å². The lowest BCUT2D eigenvalue weighted by atomic mass is 9.96. The van der Waals surface area contributed by atoms with E-state index in [9.17, 15) is 4.79 Å². The Morgan fingerprint density at radius 2 is 1.67 bits per heavy atom. The molecule has 0 fully saturated rings. The van der Waals surface area contributed by atoms with E-state index in [1.807, 2.05) is 60.7 Å². The molecular formula is C27H18ClN3O2. The van der Waals surface area contributed by atoms with Crippen LogP contribution in [0.3, 0.4) is 0 Å². The molecule has 0 unspecified atom stereocenters.